The lowest BCUT2D eigenvalue weighted by atomic mass is 9.88. The second kappa shape index (κ2) is 11.5. The maximum atomic E-state index is 11.4. The Kier molecular flexibility index (Phi) is 9.42. The van der Waals surface area contributed by atoms with E-state index in [-0.39, 0.29) is 36.3 Å². The highest BCUT2D eigenvalue weighted by molar-refractivity contribution is 5.53. The largest absolute Gasteiger partial charge is 0.497 e. The Morgan fingerprint density at radius 2 is 1.89 bits per heavy atom. The van der Waals surface area contributed by atoms with Crippen LogP contribution >= 0.6 is 0 Å². The van der Waals surface area contributed by atoms with Gasteiger partial charge < -0.3 is 23.7 Å². The molecular weight excluding hydrogens is 356 g/mol. The van der Waals surface area contributed by atoms with Crippen LogP contribution in [0, 0.1) is 11.8 Å². The van der Waals surface area contributed by atoms with Crippen LogP contribution in [0.2, 0.25) is 0 Å². The zero-order valence-corrected chi connectivity index (χ0v) is 17.9. The Hall–Kier alpha value is -1.43. The Morgan fingerprint density at radius 3 is 2.50 bits per heavy atom. The van der Waals surface area contributed by atoms with Gasteiger partial charge >= 0.3 is 0 Å². The molecule has 0 aliphatic carbocycles. The molecule has 1 aromatic carbocycles. The molecule has 0 unspecified atom stereocenters. The van der Waals surface area contributed by atoms with Gasteiger partial charge in [0.1, 0.15) is 12.0 Å². The number of hydrogen-bond acceptors (Lipinski definition) is 5. The van der Waals surface area contributed by atoms with Crippen molar-refractivity contribution in [1.29, 1.82) is 0 Å². The lowest BCUT2D eigenvalue weighted by Gasteiger charge is -2.34. The maximum Gasteiger partial charge on any atom is 0.125 e. The molecule has 1 aliphatic heterocycles. The normalized spacial score (nSPS) is 25.7. The highest BCUT2D eigenvalue weighted by Crippen LogP contribution is 2.28. The van der Waals surface area contributed by atoms with Crippen LogP contribution in [0.4, 0.5) is 0 Å². The Bertz CT molecular complexity index is 573. The molecule has 0 radical (unpaired) electrons. The second-order valence-electron chi connectivity index (χ2n) is 8.07. The Balaban J connectivity index is 1.89. The van der Waals surface area contributed by atoms with Crippen LogP contribution in [-0.4, -0.2) is 44.9 Å². The van der Waals surface area contributed by atoms with E-state index in [1.165, 1.54) is 0 Å². The number of carbonyl (C=O) groups is 1. The summed E-state index contributed by atoms with van der Waals surface area (Å²) in [7, 11) is 3.43. The fraction of sp³-hybridized carbons (Fsp3) is 0.696. The van der Waals surface area contributed by atoms with Gasteiger partial charge in [0.15, 0.2) is 0 Å². The third-order valence-electron chi connectivity index (χ3n) is 5.72. The van der Waals surface area contributed by atoms with Crippen LogP contribution in [0.1, 0.15) is 52.0 Å². The molecule has 1 aromatic rings. The van der Waals surface area contributed by atoms with Crippen molar-refractivity contribution in [3.05, 3.63) is 29.8 Å². The molecule has 0 N–H and O–H groups in total. The number of ether oxygens (including phenoxy) is 4. The van der Waals surface area contributed by atoms with Gasteiger partial charge in [-0.3, -0.25) is 0 Å². The molecule has 1 saturated heterocycles. The average Bonchev–Trinajstić information content (AvgIpc) is 2.72. The van der Waals surface area contributed by atoms with Crippen LogP contribution in [0.25, 0.3) is 0 Å². The average molecular weight is 393 g/mol. The lowest BCUT2D eigenvalue weighted by Crippen LogP contribution is -2.36. The van der Waals surface area contributed by atoms with E-state index in [1.807, 2.05) is 31.2 Å². The summed E-state index contributed by atoms with van der Waals surface area (Å²) in [6.45, 7) is 6.69. The van der Waals surface area contributed by atoms with Gasteiger partial charge in [-0.1, -0.05) is 26.0 Å². The molecular formula is C23H36O5. The summed E-state index contributed by atoms with van der Waals surface area (Å²) in [5.41, 5.74) is 1.07. The third-order valence-corrected chi connectivity index (χ3v) is 5.72. The van der Waals surface area contributed by atoms with E-state index in [9.17, 15) is 4.79 Å². The van der Waals surface area contributed by atoms with Gasteiger partial charge in [0.2, 0.25) is 0 Å². The van der Waals surface area contributed by atoms with Gasteiger partial charge in [0, 0.05) is 13.0 Å². The minimum atomic E-state index is -0.147. The third kappa shape index (κ3) is 6.87. The topological polar surface area (TPSA) is 54.0 Å². The second-order valence-corrected chi connectivity index (χ2v) is 8.07. The molecule has 6 atom stereocenters. The summed E-state index contributed by atoms with van der Waals surface area (Å²) in [6.07, 6.45) is 5.42. The molecule has 28 heavy (non-hydrogen) atoms. The SMILES string of the molecule is COc1ccc(CO[C@H]([C@H](C)C=O)[C@@H](C)CC[C@H]2C[C@H](OC)C[C@H](C)O2)cc1. The number of carbonyl (C=O) groups excluding carboxylic acids is 1. The molecule has 0 saturated carbocycles. The van der Waals surface area contributed by atoms with E-state index in [1.54, 1.807) is 14.2 Å². The number of benzene rings is 1. The van der Waals surface area contributed by atoms with E-state index in [2.05, 4.69) is 13.8 Å². The summed E-state index contributed by atoms with van der Waals surface area (Å²) in [6, 6.07) is 7.84. The zero-order chi connectivity index (χ0) is 20.5. The number of aldehydes is 1. The highest BCUT2D eigenvalue weighted by atomic mass is 16.5. The van der Waals surface area contributed by atoms with Crippen molar-refractivity contribution in [2.75, 3.05) is 14.2 Å². The summed E-state index contributed by atoms with van der Waals surface area (Å²) in [5, 5.41) is 0. The number of methoxy groups -OCH3 is 2. The van der Waals surface area contributed by atoms with Crippen molar-refractivity contribution in [3.8, 4) is 5.75 Å². The molecule has 0 spiro atoms. The quantitative estimate of drug-likeness (QED) is 0.522. The van der Waals surface area contributed by atoms with Gasteiger partial charge in [-0.2, -0.15) is 0 Å². The molecule has 0 amide bonds. The summed E-state index contributed by atoms with van der Waals surface area (Å²) in [5.74, 6) is 0.942. The first-order valence-electron chi connectivity index (χ1n) is 10.3. The molecule has 0 bridgehead atoms. The zero-order valence-electron chi connectivity index (χ0n) is 17.9. The molecule has 1 fully saturated rings. The maximum absolute atomic E-state index is 11.4. The van der Waals surface area contributed by atoms with Crippen molar-refractivity contribution >= 4 is 6.29 Å². The predicted octanol–water partition coefficient (Wildman–Crippen LogP) is 4.41. The fourth-order valence-electron chi connectivity index (χ4n) is 4.02. The van der Waals surface area contributed by atoms with E-state index in [4.69, 9.17) is 18.9 Å². The van der Waals surface area contributed by atoms with E-state index < -0.39 is 0 Å². The number of rotatable bonds is 11. The lowest BCUT2D eigenvalue weighted by molar-refractivity contribution is -0.119. The standard InChI is InChI=1S/C23H36O5/c1-16(6-9-21-13-22(26-5)12-18(3)28-21)23(17(2)14-24)27-15-19-7-10-20(25-4)11-8-19/h7-8,10-11,14,16-18,21-23H,6,9,12-13,15H2,1-5H3/t16-,17+,18-,21-,22+,23-/m0/s1. The van der Waals surface area contributed by atoms with Crippen LogP contribution in [-0.2, 0) is 25.6 Å². The monoisotopic (exact) mass is 392 g/mol. The van der Waals surface area contributed by atoms with Gasteiger partial charge in [-0.05, 0) is 56.2 Å². The smallest absolute Gasteiger partial charge is 0.125 e. The van der Waals surface area contributed by atoms with E-state index in [0.717, 1.165) is 43.3 Å². The van der Waals surface area contributed by atoms with Crippen LogP contribution < -0.4 is 4.74 Å². The van der Waals surface area contributed by atoms with Gasteiger partial charge in [-0.15, -0.1) is 0 Å². The number of hydrogen-bond donors (Lipinski definition) is 0. The van der Waals surface area contributed by atoms with Crippen LogP contribution in [0.5, 0.6) is 5.75 Å². The van der Waals surface area contributed by atoms with Gasteiger partial charge in [-0.25, -0.2) is 0 Å². The highest BCUT2D eigenvalue weighted by Gasteiger charge is 2.29. The molecule has 0 aromatic heterocycles. The van der Waals surface area contributed by atoms with Gasteiger partial charge in [0.25, 0.3) is 0 Å². The van der Waals surface area contributed by atoms with Crippen molar-refractivity contribution in [1.82, 2.24) is 0 Å². The molecule has 5 nitrogen and oxygen atoms in total. The molecule has 2 rings (SSSR count). The first-order chi connectivity index (χ1) is 13.5. The first kappa shape index (κ1) is 22.9. The van der Waals surface area contributed by atoms with Crippen molar-refractivity contribution < 1.29 is 23.7 Å². The van der Waals surface area contributed by atoms with Crippen LogP contribution in [0.3, 0.4) is 0 Å². The predicted molar refractivity (Wildman–Crippen MR) is 110 cm³/mol. The van der Waals surface area contributed by atoms with E-state index >= 15 is 0 Å². The molecule has 5 heteroatoms. The first-order valence-corrected chi connectivity index (χ1v) is 10.3. The Morgan fingerprint density at radius 1 is 1.18 bits per heavy atom. The molecule has 158 valence electrons. The minimum Gasteiger partial charge on any atom is -0.497 e. The fourth-order valence-corrected chi connectivity index (χ4v) is 4.02. The van der Waals surface area contributed by atoms with Crippen molar-refractivity contribution in [3.63, 3.8) is 0 Å². The molecule has 1 heterocycles. The summed E-state index contributed by atoms with van der Waals surface area (Å²) >= 11 is 0. The summed E-state index contributed by atoms with van der Waals surface area (Å²) in [4.78, 5) is 11.4. The van der Waals surface area contributed by atoms with Crippen molar-refractivity contribution in [2.24, 2.45) is 11.8 Å². The van der Waals surface area contributed by atoms with Gasteiger partial charge in [0.05, 0.1) is 38.1 Å². The Labute approximate surface area is 169 Å². The summed E-state index contributed by atoms with van der Waals surface area (Å²) < 4.78 is 23.0. The molecule has 1 aliphatic rings. The van der Waals surface area contributed by atoms with Crippen LogP contribution in [0.15, 0.2) is 24.3 Å². The van der Waals surface area contributed by atoms with E-state index in [0.29, 0.717) is 6.61 Å². The van der Waals surface area contributed by atoms with Crippen molar-refractivity contribution in [2.45, 2.75) is 77.5 Å². The minimum absolute atomic E-state index is 0.112.